The average Bonchev–Trinajstić information content (AvgIpc) is 2.48. The lowest BCUT2D eigenvalue weighted by Crippen LogP contribution is -2.49. The Morgan fingerprint density at radius 1 is 1.14 bits per heavy atom. The van der Waals surface area contributed by atoms with Gasteiger partial charge in [-0.2, -0.15) is 0 Å². The van der Waals surface area contributed by atoms with Gasteiger partial charge in [-0.25, -0.2) is 0 Å². The number of piperazine rings is 1. The molecular weight excluding hydrogens is 377 g/mol. The van der Waals surface area contributed by atoms with Gasteiger partial charge in [0.05, 0.1) is 0 Å². The van der Waals surface area contributed by atoms with Crippen LogP contribution < -0.4 is 0 Å². The van der Waals surface area contributed by atoms with Crippen molar-refractivity contribution in [3.05, 3.63) is 33.4 Å². The number of rotatable bonds is 5. The molecule has 1 fully saturated rings. The molecule has 0 unspecified atom stereocenters. The van der Waals surface area contributed by atoms with Gasteiger partial charge < -0.3 is 9.80 Å². The molecule has 1 heterocycles. The van der Waals surface area contributed by atoms with E-state index < -0.39 is 0 Å². The van der Waals surface area contributed by atoms with E-state index in [9.17, 15) is 4.79 Å². The number of nitrogens with zero attached hydrogens (tertiary/aromatic N) is 3. The van der Waals surface area contributed by atoms with Crippen molar-refractivity contribution < 1.29 is 4.79 Å². The summed E-state index contributed by atoms with van der Waals surface area (Å²) in [4.78, 5) is 19.1. The van der Waals surface area contributed by atoms with Gasteiger partial charge in [0.25, 0.3) is 5.91 Å². The predicted molar refractivity (Wildman–Crippen MR) is 94.7 cm³/mol. The fourth-order valence-corrected chi connectivity index (χ4v) is 2.92. The predicted octanol–water partition coefficient (Wildman–Crippen LogP) is 2.00. The molecule has 116 valence electrons. The van der Waals surface area contributed by atoms with Crippen molar-refractivity contribution in [3.63, 3.8) is 0 Å². The first-order valence-corrected chi connectivity index (χ1v) is 8.56. The second kappa shape index (κ2) is 8.10. The van der Waals surface area contributed by atoms with Crippen LogP contribution in [0.2, 0.25) is 0 Å². The third-order valence-electron chi connectivity index (χ3n) is 3.83. The minimum absolute atomic E-state index is 0.166. The van der Waals surface area contributed by atoms with Gasteiger partial charge in [0.15, 0.2) is 0 Å². The van der Waals surface area contributed by atoms with Crippen LogP contribution >= 0.6 is 22.6 Å². The SMILES string of the molecule is CN(C)CCCN1CCN(C(=O)c2ccc(I)cc2)CC1. The number of carbonyl (C=O) groups is 1. The van der Waals surface area contributed by atoms with E-state index in [0.717, 1.165) is 48.4 Å². The molecular formula is C16H24IN3O. The molecule has 4 nitrogen and oxygen atoms in total. The molecule has 0 saturated carbocycles. The van der Waals surface area contributed by atoms with Crippen LogP contribution in [0.25, 0.3) is 0 Å². The quantitative estimate of drug-likeness (QED) is 0.707. The van der Waals surface area contributed by atoms with Gasteiger partial charge in [-0.1, -0.05) is 0 Å². The Morgan fingerprint density at radius 2 is 1.76 bits per heavy atom. The standard InChI is InChI=1S/C16H24IN3O/c1-18(2)8-3-9-19-10-12-20(13-11-19)16(21)14-4-6-15(17)7-5-14/h4-7H,3,8-13H2,1-2H3. The van der Waals surface area contributed by atoms with E-state index in [1.807, 2.05) is 29.2 Å². The molecule has 0 atom stereocenters. The molecule has 1 aliphatic rings. The van der Waals surface area contributed by atoms with Gasteiger partial charge in [-0.3, -0.25) is 9.69 Å². The van der Waals surface area contributed by atoms with E-state index in [1.165, 1.54) is 6.42 Å². The van der Waals surface area contributed by atoms with E-state index in [4.69, 9.17) is 0 Å². The number of benzene rings is 1. The largest absolute Gasteiger partial charge is 0.336 e. The first kappa shape index (κ1) is 16.7. The van der Waals surface area contributed by atoms with Gasteiger partial charge in [0, 0.05) is 35.3 Å². The minimum Gasteiger partial charge on any atom is -0.336 e. The first-order valence-electron chi connectivity index (χ1n) is 7.48. The Bertz CT molecular complexity index is 453. The molecule has 1 aromatic rings. The van der Waals surface area contributed by atoms with Crippen LogP contribution in [-0.4, -0.2) is 74.0 Å². The summed E-state index contributed by atoms with van der Waals surface area (Å²) in [6.07, 6.45) is 1.19. The lowest BCUT2D eigenvalue weighted by atomic mass is 10.2. The van der Waals surface area contributed by atoms with Crippen molar-refractivity contribution in [1.29, 1.82) is 0 Å². The van der Waals surface area contributed by atoms with Crippen molar-refractivity contribution in [2.75, 3.05) is 53.4 Å². The zero-order chi connectivity index (χ0) is 15.2. The molecule has 1 aliphatic heterocycles. The van der Waals surface area contributed by atoms with Crippen LogP contribution in [0.1, 0.15) is 16.8 Å². The molecule has 0 spiro atoms. The van der Waals surface area contributed by atoms with E-state index in [-0.39, 0.29) is 5.91 Å². The summed E-state index contributed by atoms with van der Waals surface area (Å²) < 4.78 is 1.16. The van der Waals surface area contributed by atoms with Crippen LogP contribution in [0.5, 0.6) is 0 Å². The van der Waals surface area contributed by atoms with E-state index >= 15 is 0 Å². The third-order valence-corrected chi connectivity index (χ3v) is 4.55. The number of hydrogen-bond donors (Lipinski definition) is 0. The molecule has 0 aliphatic carbocycles. The smallest absolute Gasteiger partial charge is 0.253 e. The maximum absolute atomic E-state index is 12.4. The molecule has 0 aromatic heterocycles. The number of amides is 1. The fraction of sp³-hybridized carbons (Fsp3) is 0.562. The van der Waals surface area contributed by atoms with Gasteiger partial charge in [0.1, 0.15) is 0 Å². The van der Waals surface area contributed by atoms with Crippen LogP contribution in [-0.2, 0) is 0 Å². The van der Waals surface area contributed by atoms with Crippen molar-refractivity contribution >= 4 is 28.5 Å². The summed E-state index contributed by atoms with van der Waals surface area (Å²) in [6.45, 7) is 5.91. The first-order chi connectivity index (χ1) is 10.1. The van der Waals surface area contributed by atoms with Crippen molar-refractivity contribution in [1.82, 2.24) is 14.7 Å². The normalized spacial score (nSPS) is 16.5. The third kappa shape index (κ3) is 5.23. The van der Waals surface area contributed by atoms with Crippen LogP contribution in [0, 0.1) is 3.57 Å². The monoisotopic (exact) mass is 401 g/mol. The van der Waals surface area contributed by atoms with E-state index in [2.05, 4.69) is 46.5 Å². The molecule has 5 heteroatoms. The summed E-state index contributed by atoms with van der Waals surface area (Å²) in [7, 11) is 4.22. The van der Waals surface area contributed by atoms with Gasteiger partial charge in [-0.15, -0.1) is 0 Å². The molecule has 1 amide bonds. The Labute approximate surface area is 141 Å². The molecule has 0 radical (unpaired) electrons. The van der Waals surface area contributed by atoms with Crippen molar-refractivity contribution in [2.24, 2.45) is 0 Å². The minimum atomic E-state index is 0.166. The highest BCUT2D eigenvalue weighted by Crippen LogP contribution is 2.11. The number of hydrogen-bond acceptors (Lipinski definition) is 3. The van der Waals surface area contributed by atoms with E-state index in [1.54, 1.807) is 0 Å². The average molecular weight is 401 g/mol. The zero-order valence-corrected chi connectivity index (χ0v) is 15.0. The molecule has 1 saturated heterocycles. The lowest BCUT2D eigenvalue weighted by molar-refractivity contribution is 0.0634. The Hall–Kier alpha value is -0.660. The van der Waals surface area contributed by atoms with Gasteiger partial charge >= 0.3 is 0 Å². The maximum Gasteiger partial charge on any atom is 0.253 e. The van der Waals surface area contributed by atoms with Gasteiger partial charge in [-0.05, 0) is 80.5 Å². The maximum atomic E-state index is 12.4. The van der Waals surface area contributed by atoms with Crippen molar-refractivity contribution in [2.45, 2.75) is 6.42 Å². The van der Waals surface area contributed by atoms with Crippen LogP contribution in [0.15, 0.2) is 24.3 Å². The summed E-state index contributed by atoms with van der Waals surface area (Å²) in [6, 6.07) is 7.83. The van der Waals surface area contributed by atoms with Crippen molar-refractivity contribution in [3.8, 4) is 0 Å². The molecule has 1 aromatic carbocycles. The molecule has 21 heavy (non-hydrogen) atoms. The summed E-state index contributed by atoms with van der Waals surface area (Å²) >= 11 is 2.26. The highest BCUT2D eigenvalue weighted by molar-refractivity contribution is 14.1. The van der Waals surface area contributed by atoms with E-state index in [0.29, 0.717) is 0 Å². The number of halogens is 1. The second-order valence-corrected chi connectivity index (χ2v) is 7.04. The Balaban J connectivity index is 1.78. The fourth-order valence-electron chi connectivity index (χ4n) is 2.56. The lowest BCUT2D eigenvalue weighted by Gasteiger charge is -2.35. The molecule has 0 N–H and O–H groups in total. The molecule has 2 rings (SSSR count). The highest BCUT2D eigenvalue weighted by atomic mass is 127. The Kier molecular flexibility index (Phi) is 6.44. The summed E-state index contributed by atoms with van der Waals surface area (Å²) in [5, 5.41) is 0. The topological polar surface area (TPSA) is 26.8 Å². The second-order valence-electron chi connectivity index (χ2n) is 5.80. The summed E-state index contributed by atoms with van der Waals surface area (Å²) in [5.41, 5.74) is 0.802. The number of carbonyl (C=O) groups excluding carboxylic acids is 1. The summed E-state index contributed by atoms with van der Waals surface area (Å²) in [5.74, 6) is 0.166. The van der Waals surface area contributed by atoms with Crippen LogP contribution in [0.4, 0.5) is 0 Å². The molecule has 0 bridgehead atoms. The zero-order valence-electron chi connectivity index (χ0n) is 12.9. The Morgan fingerprint density at radius 3 is 2.33 bits per heavy atom. The highest BCUT2D eigenvalue weighted by Gasteiger charge is 2.21. The van der Waals surface area contributed by atoms with Gasteiger partial charge in [0.2, 0.25) is 0 Å². The van der Waals surface area contributed by atoms with Crippen LogP contribution in [0.3, 0.4) is 0 Å².